The normalized spacial score (nSPS) is 11.1. The van der Waals surface area contributed by atoms with Crippen LogP contribution in [0.3, 0.4) is 0 Å². The van der Waals surface area contributed by atoms with Crippen LogP contribution in [0.2, 0.25) is 0 Å². The first-order valence-electron chi connectivity index (χ1n) is 9.85. The van der Waals surface area contributed by atoms with Gasteiger partial charge in [-0.2, -0.15) is 0 Å². The Morgan fingerprint density at radius 3 is 2.55 bits per heavy atom. The molecule has 0 spiro atoms. The van der Waals surface area contributed by atoms with Crippen LogP contribution in [0.25, 0.3) is 10.9 Å². The maximum absolute atomic E-state index is 12.6. The molecule has 0 atom stereocenters. The number of rotatable bonds is 7. The van der Waals surface area contributed by atoms with Crippen molar-refractivity contribution in [1.29, 1.82) is 0 Å². The van der Waals surface area contributed by atoms with Crippen LogP contribution in [0.1, 0.15) is 22.6 Å². The van der Waals surface area contributed by atoms with Gasteiger partial charge in [0.15, 0.2) is 16.4 Å². The SMILES string of the molecule is COc1ccc(OCc2nnc(SCc3cc(=O)c4cc(C)cc(C)c4[nH]3)n2C)cc1. The largest absolute Gasteiger partial charge is 0.497 e. The van der Waals surface area contributed by atoms with Crippen molar-refractivity contribution in [3.05, 3.63) is 75.3 Å². The van der Waals surface area contributed by atoms with Gasteiger partial charge in [0.05, 0.1) is 12.6 Å². The third kappa shape index (κ3) is 4.59. The highest BCUT2D eigenvalue weighted by molar-refractivity contribution is 7.98. The van der Waals surface area contributed by atoms with Gasteiger partial charge in [0.2, 0.25) is 0 Å². The molecule has 4 rings (SSSR count). The first kappa shape index (κ1) is 21.0. The molecule has 0 radical (unpaired) electrons. The van der Waals surface area contributed by atoms with Crippen LogP contribution in [0.4, 0.5) is 0 Å². The summed E-state index contributed by atoms with van der Waals surface area (Å²) in [6, 6.07) is 13.1. The van der Waals surface area contributed by atoms with Crippen LogP contribution in [0.15, 0.2) is 52.4 Å². The number of nitrogens with one attached hydrogen (secondary N) is 1. The molecule has 1 N–H and O–H groups in total. The van der Waals surface area contributed by atoms with E-state index in [-0.39, 0.29) is 5.43 Å². The predicted octanol–water partition coefficient (Wildman–Crippen LogP) is 4.15. The molecule has 0 aliphatic heterocycles. The Labute approximate surface area is 184 Å². The van der Waals surface area contributed by atoms with Gasteiger partial charge in [-0.25, -0.2) is 0 Å². The predicted molar refractivity (Wildman–Crippen MR) is 122 cm³/mol. The average Bonchev–Trinajstić information content (AvgIpc) is 3.11. The summed E-state index contributed by atoms with van der Waals surface area (Å²) in [5.74, 6) is 2.82. The Morgan fingerprint density at radius 1 is 1.06 bits per heavy atom. The Kier molecular flexibility index (Phi) is 5.99. The van der Waals surface area contributed by atoms with E-state index in [1.807, 2.05) is 55.8 Å². The highest BCUT2D eigenvalue weighted by Gasteiger charge is 2.12. The molecule has 4 aromatic rings. The zero-order valence-electron chi connectivity index (χ0n) is 17.9. The van der Waals surface area contributed by atoms with Crippen molar-refractivity contribution < 1.29 is 9.47 Å². The van der Waals surface area contributed by atoms with E-state index in [9.17, 15) is 4.79 Å². The number of aromatic nitrogens is 4. The van der Waals surface area contributed by atoms with Gasteiger partial charge in [-0.05, 0) is 55.3 Å². The molecule has 2 aromatic carbocycles. The second-order valence-electron chi connectivity index (χ2n) is 7.37. The molecule has 0 amide bonds. The van der Waals surface area contributed by atoms with E-state index in [0.717, 1.165) is 50.2 Å². The number of hydrogen-bond donors (Lipinski definition) is 1. The molecular formula is C23H24N4O3S. The van der Waals surface area contributed by atoms with Crippen LogP contribution in [-0.2, 0) is 19.4 Å². The summed E-state index contributed by atoms with van der Waals surface area (Å²) >= 11 is 1.52. The highest BCUT2D eigenvalue weighted by atomic mass is 32.2. The number of hydrogen-bond acceptors (Lipinski definition) is 6. The molecule has 0 aliphatic rings. The summed E-state index contributed by atoms with van der Waals surface area (Å²) in [7, 11) is 3.54. The number of benzene rings is 2. The fourth-order valence-corrected chi connectivity index (χ4v) is 4.23. The van der Waals surface area contributed by atoms with Gasteiger partial charge in [0, 0.05) is 29.9 Å². The lowest BCUT2D eigenvalue weighted by atomic mass is 10.1. The van der Waals surface area contributed by atoms with Crippen LogP contribution in [0.5, 0.6) is 11.5 Å². The third-order valence-electron chi connectivity index (χ3n) is 5.05. The fourth-order valence-electron chi connectivity index (χ4n) is 3.40. The Hall–Kier alpha value is -3.26. The number of ether oxygens (including phenoxy) is 2. The maximum atomic E-state index is 12.6. The van der Waals surface area contributed by atoms with Gasteiger partial charge in [-0.3, -0.25) is 4.79 Å². The smallest absolute Gasteiger partial charge is 0.191 e. The Bertz CT molecular complexity index is 1280. The van der Waals surface area contributed by atoms with Crippen LogP contribution < -0.4 is 14.9 Å². The summed E-state index contributed by atoms with van der Waals surface area (Å²) in [6.45, 7) is 4.32. The monoisotopic (exact) mass is 436 g/mol. The van der Waals surface area contributed by atoms with Gasteiger partial charge in [-0.15, -0.1) is 10.2 Å². The van der Waals surface area contributed by atoms with Gasteiger partial charge >= 0.3 is 0 Å². The van der Waals surface area contributed by atoms with Crippen molar-refractivity contribution in [3.63, 3.8) is 0 Å². The lowest BCUT2D eigenvalue weighted by Crippen LogP contribution is -2.06. The fraction of sp³-hybridized carbons (Fsp3) is 0.261. The molecule has 0 fully saturated rings. The van der Waals surface area contributed by atoms with E-state index in [2.05, 4.69) is 21.2 Å². The van der Waals surface area contributed by atoms with Crippen molar-refractivity contribution in [2.45, 2.75) is 31.4 Å². The highest BCUT2D eigenvalue weighted by Crippen LogP contribution is 2.23. The zero-order chi connectivity index (χ0) is 22.0. The van der Waals surface area contributed by atoms with E-state index >= 15 is 0 Å². The average molecular weight is 437 g/mol. The Morgan fingerprint density at radius 2 is 1.81 bits per heavy atom. The maximum Gasteiger partial charge on any atom is 0.191 e. The number of nitrogens with zero attached hydrogens (tertiary/aromatic N) is 3. The zero-order valence-corrected chi connectivity index (χ0v) is 18.7. The molecule has 0 saturated heterocycles. The molecule has 0 bridgehead atoms. The van der Waals surface area contributed by atoms with Gasteiger partial charge in [-0.1, -0.05) is 17.8 Å². The number of fused-ring (bicyclic) bond motifs is 1. The van der Waals surface area contributed by atoms with Crippen LogP contribution >= 0.6 is 11.8 Å². The molecular weight excluding hydrogens is 412 g/mol. The van der Waals surface area contributed by atoms with E-state index < -0.39 is 0 Å². The van der Waals surface area contributed by atoms with Crippen molar-refractivity contribution >= 4 is 22.7 Å². The minimum absolute atomic E-state index is 0.0303. The van der Waals surface area contributed by atoms with E-state index in [1.165, 1.54) is 11.8 Å². The number of aryl methyl sites for hydroxylation is 2. The second kappa shape index (κ2) is 8.85. The molecule has 7 nitrogen and oxygen atoms in total. The summed E-state index contributed by atoms with van der Waals surface area (Å²) in [6.07, 6.45) is 0. The first-order chi connectivity index (χ1) is 14.9. The second-order valence-corrected chi connectivity index (χ2v) is 8.32. The molecule has 0 aliphatic carbocycles. The Balaban J connectivity index is 1.44. The lowest BCUT2D eigenvalue weighted by molar-refractivity contribution is 0.290. The molecule has 31 heavy (non-hydrogen) atoms. The van der Waals surface area contributed by atoms with E-state index in [1.54, 1.807) is 13.2 Å². The number of pyridine rings is 1. The summed E-state index contributed by atoms with van der Waals surface area (Å²) in [5, 5.41) is 9.99. The van der Waals surface area contributed by atoms with E-state index in [4.69, 9.17) is 9.47 Å². The number of aromatic amines is 1. The minimum atomic E-state index is 0.0303. The third-order valence-corrected chi connectivity index (χ3v) is 6.11. The summed E-state index contributed by atoms with van der Waals surface area (Å²) in [4.78, 5) is 16.0. The molecule has 2 aromatic heterocycles. The van der Waals surface area contributed by atoms with Crippen LogP contribution in [-0.4, -0.2) is 26.9 Å². The van der Waals surface area contributed by atoms with Crippen molar-refractivity contribution in [2.75, 3.05) is 7.11 Å². The van der Waals surface area contributed by atoms with Crippen molar-refractivity contribution in [1.82, 2.24) is 19.7 Å². The topological polar surface area (TPSA) is 82.0 Å². The molecule has 0 saturated carbocycles. The van der Waals surface area contributed by atoms with Crippen LogP contribution in [0, 0.1) is 13.8 Å². The molecule has 8 heteroatoms. The quantitative estimate of drug-likeness (QED) is 0.438. The number of thioether (sulfide) groups is 1. The summed E-state index contributed by atoms with van der Waals surface area (Å²) < 4.78 is 12.9. The standard InChI is InChI=1S/C23H24N4O3S/c1-14-9-15(2)22-19(10-14)20(28)11-16(24-22)13-31-23-26-25-21(27(23)3)12-30-18-7-5-17(29-4)6-8-18/h5-11H,12-13H2,1-4H3,(H,24,28). The molecule has 2 heterocycles. The van der Waals surface area contributed by atoms with Crippen molar-refractivity contribution in [3.8, 4) is 11.5 Å². The molecule has 160 valence electrons. The van der Waals surface area contributed by atoms with E-state index in [0.29, 0.717) is 12.4 Å². The minimum Gasteiger partial charge on any atom is -0.497 e. The number of methoxy groups -OCH3 is 1. The number of H-pyrrole nitrogens is 1. The first-order valence-corrected chi connectivity index (χ1v) is 10.8. The van der Waals surface area contributed by atoms with Gasteiger partial charge in [0.25, 0.3) is 0 Å². The van der Waals surface area contributed by atoms with Crippen molar-refractivity contribution in [2.24, 2.45) is 7.05 Å². The van der Waals surface area contributed by atoms with Gasteiger partial charge < -0.3 is 19.0 Å². The lowest BCUT2D eigenvalue weighted by Gasteiger charge is -2.09. The summed E-state index contributed by atoms with van der Waals surface area (Å²) in [5.41, 5.74) is 3.92. The van der Waals surface area contributed by atoms with Gasteiger partial charge in [0.1, 0.15) is 18.1 Å². The molecule has 0 unspecified atom stereocenters.